The van der Waals surface area contributed by atoms with Gasteiger partial charge >= 0.3 is 0 Å². The van der Waals surface area contributed by atoms with Crippen LogP contribution in [0.4, 0.5) is 0 Å². The Balaban J connectivity index is 2.35. The molecule has 2 N–H and O–H groups in total. The normalized spacial score (nSPS) is 10.7. The molecule has 0 fully saturated rings. The zero-order valence-electron chi connectivity index (χ0n) is 9.34. The number of aryl methyl sites for hydroxylation is 2. The molecule has 0 radical (unpaired) electrons. The summed E-state index contributed by atoms with van der Waals surface area (Å²) in [6.45, 7) is 2.55. The standard InChI is InChI=1S/C11H14N4S/c1-8-3-4-13-10(9(8)7-12)16-11-14-5-6-15(11)2/h3-6H,7,12H2,1-2H3. The molecule has 0 atom stereocenters. The Morgan fingerprint density at radius 1 is 1.38 bits per heavy atom. The SMILES string of the molecule is Cc1ccnc(Sc2nccn2C)c1CN. The summed E-state index contributed by atoms with van der Waals surface area (Å²) in [7, 11) is 1.97. The fourth-order valence-corrected chi connectivity index (χ4v) is 2.41. The van der Waals surface area contributed by atoms with Crippen molar-refractivity contribution in [2.24, 2.45) is 12.8 Å². The highest BCUT2D eigenvalue weighted by molar-refractivity contribution is 7.99. The van der Waals surface area contributed by atoms with Gasteiger partial charge in [0.1, 0.15) is 5.03 Å². The van der Waals surface area contributed by atoms with Crippen LogP contribution in [0.2, 0.25) is 0 Å². The molecule has 2 rings (SSSR count). The third-order valence-corrected chi connectivity index (χ3v) is 3.54. The Labute approximate surface area is 98.9 Å². The molecule has 0 aliphatic carbocycles. The topological polar surface area (TPSA) is 56.7 Å². The molecule has 5 heteroatoms. The Hall–Kier alpha value is -1.33. The van der Waals surface area contributed by atoms with Gasteiger partial charge in [0.15, 0.2) is 5.16 Å². The van der Waals surface area contributed by atoms with Crippen molar-refractivity contribution in [3.63, 3.8) is 0 Å². The molecule has 2 aromatic rings. The van der Waals surface area contributed by atoms with Crippen LogP contribution in [0.5, 0.6) is 0 Å². The first-order valence-electron chi connectivity index (χ1n) is 5.02. The maximum Gasteiger partial charge on any atom is 0.174 e. The second-order valence-corrected chi connectivity index (χ2v) is 4.49. The highest BCUT2D eigenvalue weighted by Crippen LogP contribution is 2.28. The molecule has 84 valence electrons. The summed E-state index contributed by atoms with van der Waals surface area (Å²) in [4.78, 5) is 8.62. The summed E-state index contributed by atoms with van der Waals surface area (Å²) >= 11 is 1.55. The van der Waals surface area contributed by atoms with E-state index < -0.39 is 0 Å². The van der Waals surface area contributed by atoms with Gasteiger partial charge in [0, 0.05) is 37.7 Å². The summed E-state index contributed by atoms with van der Waals surface area (Å²) in [5, 5.41) is 1.87. The maximum atomic E-state index is 5.74. The molecule has 0 saturated heterocycles. The van der Waals surface area contributed by atoms with Crippen molar-refractivity contribution in [2.75, 3.05) is 0 Å². The molecule has 0 unspecified atom stereocenters. The van der Waals surface area contributed by atoms with Crippen molar-refractivity contribution in [2.45, 2.75) is 23.7 Å². The molecule has 2 aromatic heterocycles. The number of pyridine rings is 1. The summed E-state index contributed by atoms with van der Waals surface area (Å²) in [6.07, 6.45) is 5.50. The van der Waals surface area contributed by atoms with E-state index in [4.69, 9.17) is 5.73 Å². The van der Waals surface area contributed by atoms with Gasteiger partial charge in [-0.1, -0.05) is 0 Å². The van der Waals surface area contributed by atoms with Gasteiger partial charge < -0.3 is 10.3 Å². The van der Waals surface area contributed by atoms with Crippen LogP contribution in [0, 0.1) is 6.92 Å². The van der Waals surface area contributed by atoms with Crippen LogP contribution >= 0.6 is 11.8 Å². The van der Waals surface area contributed by atoms with E-state index >= 15 is 0 Å². The minimum Gasteiger partial charge on any atom is -0.329 e. The predicted molar refractivity (Wildman–Crippen MR) is 64.2 cm³/mol. The van der Waals surface area contributed by atoms with Crippen molar-refractivity contribution in [1.29, 1.82) is 0 Å². The molecule has 4 nitrogen and oxygen atoms in total. The lowest BCUT2D eigenvalue weighted by Crippen LogP contribution is -2.03. The lowest BCUT2D eigenvalue weighted by atomic mass is 10.2. The van der Waals surface area contributed by atoms with Crippen LogP contribution < -0.4 is 5.73 Å². The smallest absolute Gasteiger partial charge is 0.174 e. The lowest BCUT2D eigenvalue weighted by molar-refractivity contribution is 0.787. The van der Waals surface area contributed by atoms with Gasteiger partial charge in [0.2, 0.25) is 0 Å². The largest absolute Gasteiger partial charge is 0.329 e. The van der Waals surface area contributed by atoms with Crippen molar-refractivity contribution >= 4 is 11.8 Å². The van der Waals surface area contributed by atoms with Gasteiger partial charge in [-0.25, -0.2) is 9.97 Å². The highest BCUT2D eigenvalue weighted by atomic mass is 32.2. The second kappa shape index (κ2) is 4.67. The average molecular weight is 234 g/mol. The lowest BCUT2D eigenvalue weighted by Gasteiger charge is -2.08. The van der Waals surface area contributed by atoms with Crippen molar-refractivity contribution < 1.29 is 0 Å². The maximum absolute atomic E-state index is 5.74. The number of rotatable bonds is 3. The Morgan fingerprint density at radius 2 is 2.19 bits per heavy atom. The van der Waals surface area contributed by atoms with Crippen LogP contribution in [0.1, 0.15) is 11.1 Å². The van der Waals surface area contributed by atoms with Crippen LogP contribution in [0.25, 0.3) is 0 Å². The molecule has 0 aromatic carbocycles. The fraction of sp³-hybridized carbons (Fsp3) is 0.273. The van der Waals surface area contributed by atoms with E-state index in [9.17, 15) is 0 Å². The average Bonchev–Trinajstić information content (AvgIpc) is 2.65. The molecule has 0 aliphatic heterocycles. The first-order chi connectivity index (χ1) is 7.72. The minimum absolute atomic E-state index is 0.506. The van der Waals surface area contributed by atoms with Crippen molar-refractivity contribution in [1.82, 2.24) is 14.5 Å². The van der Waals surface area contributed by atoms with Gasteiger partial charge in [0.05, 0.1) is 0 Å². The highest BCUT2D eigenvalue weighted by Gasteiger charge is 2.09. The van der Waals surface area contributed by atoms with E-state index in [0.717, 1.165) is 15.7 Å². The van der Waals surface area contributed by atoms with E-state index in [-0.39, 0.29) is 0 Å². The molecule has 0 bridgehead atoms. The predicted octanol–water partition coefficient (Wildman–Crippen LogP) is 1.73. The zero-order chi connectivity index (χ0) is 11.5. The number of nitrogens with zero attached hydrogens (tertiary/aromatic N) is 3. The number of aromatic nitrogens is 3. The number of nitrogens with two attached hydrogens (primary N) is 1. The summed E-state index contributed by atoms with van der Waals surface area (Å²) < 4.78 is 1.97. The zero-order valence-corrected chi connectivity index (χ0v) is 10.2. The quantitative estimate of drug-likeness (QED) is 0.878. The molecular formula is C11H14N4S. The third-order valence-electron chi connectivity index (χ3n) is 2.42. The number of hydrogen-bond acceptors (Lipinski definition) is 4. The molecule has 0 saturated carbocycles. The Kier molecular flexibility index (Phi) is 3.26. The number of hydrogen-bond donors (Lipinski definition) is 1. The monoisotopic (exact) mass is 234 g/mol. The first kappa shape index (κ1) is 11.2. The molecule has 0 spiro atoms. The summed E-state index contributed by atoms with van der Waals surface area (Å²) in [5.41, 5.74) is 8.01. The second-order valence-electron chi connectivity index (χ2n) is 3.54. The van der Waals surface area contributed by atoms with Crippen LogP contribution in [-0.4, -0.2) is 14.5 Å². The van der Waals surface area contributed by atoms with Gasteiger partial charge in [0.25, 0.3) is 0 Å². The van der Waals surface area contributed by atoms with Crippen molar-refractivity contribution in [3.05, 3.63) is 35.8 Å². The fourth-order valence-electron chi connectivity index (χ4n) is 1.44. The first-order valence-corrected chi connectivity index (χ1v) is 5.83. The van der Waals surface area contributed by atoms with E-state index in [1.165, 1.54) is 5.56 Å². The molecular weight excluding hydrogens is 220 g/mol. The van der Waals surface area contributed by atoms with Crippen molar-refractivity contribution in [3.8, 4) is 0 Å². The molecule has 0 amide bonds. The third kappa shape index (κ3) is 2.10. The van der Waals surface area contributed by atoms with Crippen LogP contribution in [0.3, 0.4) is 0 Å². The molecule has 0 aliphatic rings. The van der Waals surface area contributed by atoms with E-state index in [1.54, 1.807) is 24.2 Å². The van der Waals surface area contributed by atoms with Gasteiger partial charge in [-0.2, -0.15) is 0 Å². The Bertz CT molecular complexity index is 492. The van der Waals surface area contributed by atoms with Crippen LogP contribution in [-0.2, 0) is 13.6 Å². The Morgan fingerprint density at radius 3 is 2.81 bits per heavy atom. The molecule has 2 heterocycles. The minimum atomic E-state index is 0.506. The summed E-state index contributed by atoms with van der Waals surface area (Å²) in [5.74, 6) is 0. The van der Waals surface area contributed by atoms with E-state index in [0.29, 0.717) is 6.54 Å². The summed E-state index contributed by atoms with van der Waals surface area (Å²) in [6, 6.07) is 1.98. The van der Waals surface area contributed by atoms with Crippen LogP contribution in [0.15, 0.2) is 34.8 Å². The van der Waals surface area contributed by atoms with E-state index in [1.807, 2.05) is 30.8 Å². The molecule has 16 heavy (non-hydrogen) atoms. The number of imidazole rings is 1. The van der Waals surface area contributed by atoms with E-state index in [2.05, 4.69) is 9.97 Å². The van der Waals surface area contributed by atoms with Gasteiger partial charge in [-0.05, 0) is 30.3 Å². The van der Waals surface area contributed by atoms with Gasteiger partial charge in [-0.3, -0.25) is 0 Å². The van der Waals surface area contributed by atoms with Gasteiger partial charge in [-0.15, -0.1) is 0 Å².